The smallest absolute Gasteiger partial charge is 0.333 e. The quantitative estimate of drug-likeness (QED) is 0.398. The van der Waals surface area contributed by atoms with E-state index in [9.17, 15) is 14.7 Å². The van der Waals surface area contributed by atoms with Crippen molar-refractivity contribution in [3.05, 3.63) is 24.3 Å². The summed E-state index contributed by atoms with van der Waals surface area (Å²) >= 11 is 0. The molecule has 0 saturated carbocycles. The van der Waals surface area contributed by atoms with Gasteiger partial charge in [0.2, 0.25) is 0 Å². The van der Waals surface area contributed by atoms with Crippen molar-refractivity contribution in [3.8, 4) is 0 Å². The Hall–Kier alpha value is -1.66. The van der Waals surface area contributed by atoms with Crippen molar-refractivity contribution < 1.29 is 28.9 Å². The zero-order valence-electron chi connectivity index (χ0n) is 14.0. The zero-order chi connectivity index (χ0) is 17.5. The number of esters is 2. The second kappa shape index (κ2) is 14.3. The molecule has 22 heavy (non-hydrogen) atoms. The van der Waals surface area contributed by atoms with E-state index in [1.807, 2.05) is 0 Å². The van der Waals surface area contributed by atoms with Crippen LogP contribution in [0.25, 0.3) is 0 Å². The summed E-state index contributed by atoms with van der Waals surface area (Å²) in [6, 6.07) is 0. The monoisotopic (exact) mass is 316 g/mol. The fourth-order valence-corrected chi connectivity index (χ4v) is 0.983. The Balaban J connectivity index is 0. The summed E-state index contributed by atoms with van der Waals surface area (Å²) in [4.78, 5) is 21.1. The molecule has 0 saturated heterocycles. The number of ether oxygens (including phenoxy) is 3. The lowest BCUT2D eigenvalue weighted by molar-refractivity contribution is -0.143. The van der Waals surface area contributed by atoms with Gasteiger partial charge in [0.25, 0.3) is 0 Å². The fourth-order valence-electron chi connectivity index (χ4n) is 0.983. The second-order valence-corrected chi connectivity index (χ2v) is 4.73. The molecular weight excluding hydrogens is 288 g/mol. The average Bonchev–Trinajstić information content (AvgIpc) is 2.48. The van der Waals surface area contributed by atoms with Crippen molar-refractivity contribution in [2.45, 2.75) is 39.7 Å². The Labute approximate surface area is 132 Å². The minimum atomic E-state index is -0.759. The van der Waals surface area contributed by atoms with E-state index in [4.69, 9.17) is 9.47 Å². The van der Waals surface area contributed by atoms with Crippen LogP contribution in [0.4, 0.5) is 0 Å². The maximum Gasteiger partial charge on any atom is 0.333 e. The molecule has 0 bridgehead atoms. The number of hydrogen-bond acceptors (Lipinski definition) is 6. The van der Waals surface area contributed by atoms with Crippen LogP contribution in [-0.4, -0.2) is 50.1 Å². The Morgan fingerprint density at radius 1 is 1.09 bits per heavy atom. The molecule has 0 radical (unpaired) electrons. The topological polar surface area (TPSA) is 82.1 Å². The molecule has 0 heterocycles. The molecule has 6 heteroatoms. The van der Waals surface area contributed by atoms with Gasteiger partial charge < -0.3 is 19.3 Å². The Kier molecular flexibility index (Phi) is 14.7. The molecule has 0 aromatic carbocycles. The van der Waals surface area contributed by atoms with Gasteiger partial charge in [-0.1, -0.05) is 26.5 Å². The molecule has 0 spiro atoms. The average molecular weight is 316 g/mol. The van der Waals surface area contributed by atoms with Crippen LogP contribution in [0.5, 0.6) is 0 Å². The molecule has 1 atom stereocenters. The van der Waals surface area contributed by atoms with E-state index in [1.165, 1.54) is 7.11 Å². The summed E-state index contributed by atoms with van der Waals surface area (Å²) in [6.07, 6.45) is 1.27. The molecule has 0 fully saturated rings. The van der Waals surface area contributed by atoms with Crippen LogP contribution in [0.2, 0.25) is 0 Å². The molecule has 0 rings (SSSR count). The van der Waals surface area contributed by atoms with Gasteiger partial charge in [0.15, 0.2) is 0 Å². The summed E-state index contributed by atoms with van der Waals surface area (Å²) in [5.74, 6) is -0.831. The van der Waals surface area contributed by atoms with Gasteiger partial charge >= 0.3 is 11.9 Å². The van der Waals surface area contributed by atoms with Gasteiger partial charge in [0.05, 0.1) is 13.7 Å². The van der Waals surface area contributed by atoms with E-state index >= 15 is 0 Å². The first-order chi connectivity index (χ1) is 10.3. The summed E-state index contributed by atoms with van der Waals surface area (Å²) in [6.45, 7) is 12.8. The number of carbonyl (C=O) groups excluding carboxylic acids is 2. The predicted molar refractivity (Wildman–Crippen MR) is 84.3 cm³/mol. The number of aliphatic hydroxyl groups is 1. The van der Waals surface area contributed by atoms with E-state index < -0.39 is 12.1 Å². The first kappa shape index (κ1) is 22.6. The van der Waals surface area contributed by atoms with E-state index in [1.54, 1.807) is 13.8 Å². The SMILES string of the molecule is C=C(C)C(=O)OC.C=C(C)C(=O)OCC(O)COCCCC. The van der Waals surface area contributed by atoms with Crippen LogP contribution < -0.4 is 0 Å². The molecule has 128 valence electrons. The van der Waals surface area contributed by atoms with Crippen LogP contribution in [0.1, 0.15) is 33.6 Å². The number of aliphatic hydroxyl groups excluding tert-OH is 1. The lowest BCUT2D eigenvalue weighted by Crippen LogP contribution is -2.24. The highest BCUT2D eigenvalue weighted by molar-refractivity contribution is 5.87. The highest BCUT2D eigenvalue weighted by Crippen LogP contribution is 1.96. The summed E-state index contributed by atoms with van der Waals surface area (Å²) in [5, 5.41) is 9.35. The third kappa shape index (κ3) is 14.7. The molecule has 1 N–H and O–H groups in total. The molecule has 0 aromatic rings. The van der Waals surface area contributed by atoms with Crippen molar-refractivity contribution >= 4 is 11.9 Å². The maximum absolute atomic E-state index is 10.9. The predicted octanol–water partition coefficient (Wildman–Crippen LogP) is 2.02. The molecule has 0 aliphatic rings. The third-order valence-electron chi connectivity index (χ3n) is 2.24. The third-order valence-corrected chi connectivity index (χ3v) is 2.24. The van der Waals surface area contributed by atoms with Crippen molar-refractivity contribution in [3.63, 3.8) is 0 Å². The Bertz CT molecular complexity index is 362. The molecular formula is C16H28O6. The molecule has 0 amide bonds. The molecule has 0 aliphatic heterocycles. The van der Waals surface area contributed by atoms with E-state index in [0.29, 0.717) is 17.8 Å². The molecule has 6 nitrogen and oxygen atoms in total. The lowest BCUT2D eigenvalue weighted by atomic mass is 10.3. The largest absolute Gasteiger partial charge is 0.466 e. The number of unbranched alkanes of at least 4 members (excludes halogenated alkanes) is 1. The fraction of sp³-hybridized carbons (Fsp3) is 0.625. The minimum absolute atomic E-state index is 0.0438. The van der Waals surface area contributed by atoms with Crippen LogP contribution in [0.3, 0.4) is 0 Å². The van der Waals surface area contributed by atoms with Gasteiger partial charge in [-0.15, -0.1) is 0 Å². The van der Waals surface area contributed by atoms with Gasteiger partial charge in [-0.2, -0.15) is 0 Å². The number of rotatable bonds is 9. The van der Waals surface area contributed by atoms with Gasteiger partial charge in [-0.25, -0.2) is 9.59 Å². The highest BCUT2D eigenvalue weighted by atomic mass is 16.5. The number of hydrogen-bond donors (Lipinski definition) is 1. The summed E-state index contributed by atoms with van der Waals surface area (Å²) in [5.41, 5.74) is 0.761. The molecule has 0 aliphatic carbocycles. The first-order valence-corrected chi connectivity index (χ1v) is 7.08. The van der Waals surface area contributed by atoms with Crippen molar-refractivity contribution in [2.24, 2.45) is 0 Å². The van der Waals surface area contributed by atoms with Gasteiger partial charge in [0.1, 0.15) is 12.7 Å². The molecule has 0 aromatic heterocycles. The van der Waals surface area contributed by atoms with Crippen molar-refractivity contribution in [1.29, 1.82) is 0 Å². The number of carbonyl (C=O) groups is 2. The van der Waals surface area contributed by atoms with E-state index in [0.717, 1.165) is 12.8 Å². The summed E-state index contributed by atoms with van der Waals surface area (Å²) in [7, 11) is 1.33. The zero-order valence-corrected chi connectivity index (χ0v) is 14.0. The number of methoxy groups -OCH3 is 1. The second-order valence-electron chi connectivity index (χ2n) is 4.73. The molecule has 1 unspecified atom stereocenters. The standard InChI is InChI=1S/C11H20O4.C5H8O2/c1-4-5-6-14-7-10(12)8-15-11(13)9(2)3;1-4(2)5(6)7-3/h10,12H,2,4-8H2,1,3H3;1H2,2-3H3. The van der Waals surface area contributed by atoms with Gasteiger partial charge in [-0.05, 0) is 20.3 Å². The van der Waals surface area contributed by atoms with Crippen LogP contribution in [-0.2, 0) is 23.8 Å². The van der Waals surface area contributed by atoms with Crippen molar-refractivity contribution in [2.75, 3.05) is 26.9 Å². The Morgan fingerprint density at radius 3 is 2.00 bits per heavy atom. The van der Waals surface area contributed by atoms with E-state index in [-0.39, 0.29) is 19.2 Å². The van der Waals surface area contributed by atoms with Gasteiger partial charge in [0, 0.05) is 17.8 Å². The van der Waals surface area contributed by atoms with Crippen LogP contribution >= 0.6 is 0 Å². The first-order valence-electron chi connectivity index (χ1n) is 7.08. The van der Waals surface area contributed by atoms with Crippen LogP contribution in [0.15, 0.2) is 24.3 Å². The van der Waals surface area contributed by atoms with Gasteiger partial charge in [-0.3, -0.25) is 0 Å². The summed E-state index contributed by atoms with van der Waals surface area (Å²) < 4.78 is 14.2. The Morgan fingerprint density at radius 2 is 1.64 bits per heavy atom. The van der Waals surface area contributed by atoms with Crippen molar-refractivity contribution in [1.82, 2.24) is 0 Å². The minimum Gasteiger partial charge on any atom is -0.466 e. The maximum atomic E-state index is 10.9. The highest BCUT2D eigenvalue weighted by Gasteiger charge is 2.09. The van der Waals surface area contributed by atoms with Crippen LogP contribution in [0, 0.1) is 0 Å². The lowest BCUT2D eigenvalue weighted by Gasteiger charge is -2.11. The normalized spacial score (nSPS) is 10.8. The van der Waals surface area contributed by atoms with E-state index in [2.05, 4.69) is 24.8 Å².